The van der Waals surface area contributed by atoms with E-state index in [2.05, 4.69) is 15.2 Å². The molecule has 1 aliphatic rings. The number of aromatic carboxylic acids is 1. The standard InChI is InChI=1S/C16H23N3O6/c1-16(2,3)25-15(23)17-10-7-5-6-9-12(14(21)22)18-19(13(9)10)8-11(20)24-4/h10H,5-8H2,1-4H3,(H,17,23)(H,21,22). The zero-order valence-electron chi connectivity index (χ0n) is 14.8. The average molecular weight is 353 g/mol. The first-order valence-corrected chi connectivity index (χ1v) is 8.01. The number of hydrogen-bond acceptors (Lipinski definition) is 6. The van der Waals surface area contributed by atoms with Crippen molar-refractivity contribution < 1.29 is 29.0 Å². The minimum absolute atomic E-state index is 0.102. The van der Waals surface area contributed by atoms with E-state index in [0.29, 0.717) is 30.5 Å². The molecule has 1 atom stereocenters. The molecule has 1 aromatic rings. The number of methoxy groups -OCH3 is 1. The highest BCUT2D eigenvalue weighted by Gasteiger charge is 2.33. The monoisotopic (exact) mass is 353 g/mol. The van der Waals surface area contributed by atoms with Crippen LogP contribution in [0.5, 0.6) is 0 Å². The van der Waals surface area contributed by atoms with Gasteiger partial charge in [-0.1, -0.05) is 0 Å². The lowest BCUT2D eigenvalue weighted by Gasteiger charge is -2.27. The molecule has 9 heteroatoms. The van der Waals surface area contributed by atoms with E-state index in [1.165, 1.54) is 11.8 Å². The molecule has 0 aromatic carbocycles. The van der Waals surface area contributed by atoms with Crippen LogP contribution in [-0.2, 0) is 27.2 Å². The zero-order valence-corrected chi connectivity index (χ0v) is 14.8. The molecule has 0 bridgehead atoms. The van der Waals surface area contributed by atoms with Gasteiger partial charge in [0.15, 0.2) is 5.69 Å². The Hall–Kier alpha value is -2.58. The van der Waals surface area contributed by atoms with Crippen molar-refractivity contribution in [3.05, 3.63) is 17.0 Å². The Morgan fingerprint density at radius 3 is 2.60 bits per heavy atom. The van der Waals surface area contributed by atoms with E-state index in [4.69, 9.17) is 4.74 Å². The number of carbonyl (C=O) groups is 3. The number of hydrogen-bond donors (Lipinski definition) is 2. The first-order chi connectivity index (χ1) is 11.6. The topological polar surface area (TPSA) is 120 Å². The second kappa shape index (κ2) is 7.12. The third kappa shape index (κ3) is 4.49. The number of amides is 1. The van der Waals surface area contributed by atoms with E-state index in [0.717, 1.165) is 0 Å². The molecule has 0 fully saturated rings. The predicted octanol–water partition coefficient (Wildman–Crippen LogP) is 1.66. The summed E-state index contributed by atoms with van der Waals surface area (Å²) in [4.78, 5) is 35.2. The first kappa shape index (κ1) is 18.8. The molecule has 1 heterocycles. The summed E-state index contributed by atoms with van der Waals surface area (Å²) < 4.78 is 11.2. The number of carboxylic acid groups (broad SMARTS) is 1. The van der Waals surface area contributed by atoms with Gasteiger partial charge in [-0.2, -0.15) is 5.10 Å². The number of carbonyl (C=O) groups excluding carboxylic acids is 2. The highest BCUT2D eigenvalue weighted by atomic mass is 16.6. The molecule has 0 saturated heterocycles. The molecule has 0 aliphatic heterocycles. The van der Waals surface area contributed by atoms with Crippen LogP contribution in [0.4, 0.5) is 4.79 Å². The number of nitrogens with zero attached hydrogens (tertiary/aromatic N) is 2. The molecule has 1 unspecified atom stereocenters. The number of esters is 1. The molecule has 0 radical (unpaired) electrons. The molecule has 2 rings (SSSR count). The van der Waals surface area contributed by atoms with Gasteiger partial charge in [0.2, 0.25) is 0 Å². The van der Waals surface area contributed by atoms with Gasteiger partial charge in [0, 0.05) is 5.56 Å². The van der Waals surface area contributed by atoms with Crippen LogP contribution in [0.2, 0.25) is 0 Å². The van der Waals surface area contributed by atoms with Crippen LogP contribution in [0.3, 0.4) is 0 Å². The predicted molar refractivity (Wildman–Crippen MR) is 86.3 cm³/mol. The van der Waals surface area contributed by atoms with Crippen LogP contribution in [0, 0.1) is 0 Å². The third-order valence-electron chi connectivity index (χ3n) is 3.74. The van der Waals surface area contributed by atoms with Crippen molar-refractivity contribution >= 4 is 18.0 Å². The second-order valence-electron chi connectivity index (χ2n) is 6.84. The highest BCUT2D eigenvalue weighted by molar-refractivity contribution is 5.87. The summed E-state index contributed by atoms with van der Waals surface area (Å²) >= 11 is 0. The van der Waals surface area contributed by atoms with Crippen molar-refractivity contribution in [1.29, 1.82) is 0 Å². The Kier molecular flexibility index (Phi) is 5.34. The molecule has 1 aromatic heterocycles. The number of carboxylic acids is 1. The summed E-state index contributed by atoms with van der Waals surface area (Å²) in [6.07, 6.45) is 1.20. The lowest BCUT2D eigenvalue weighted by molar-refractivity contribution is -0.141. The highest BCUT2D eigenvalue weighted by Crippen LogP contribution is 2.32. The largest absolute Gasteiger partial charge is 0.476 e. The molecular weight excluding hydrogens is 330 g/mol. The van der Waals surface area contributed by atoms with Crippen molar-refractivity contribution in [1.82, 2.24) is 15.1 Å². The molecular formula is C16H23N3O6. The second-order valence-corrected chi connectivity index (χ2v) is 6.84. The van der Waals surface area contributed by atoms with Gasteiger partial charge < -0.3 is 19.9 Å². The van der Waals surface area contributed by atoms with E-state index in [1.54, 1.807) is 20.8 Å². The van der Waals surface area contributed by atoms with Gasteiger partial charge in [-0.15, -0.1) is 0 Å². The Balaban J connectivity index is 2.35. The van der Waals surface area contributed by atoms with Gasteiger partial charge in [-0.3, -0.25) is 9.48 Å². The fourth-order valence-corrected chi connectivity index (χ4v) is 2.84. The smallest absolute Gasteiger partial charge is 0.408 e. The maximum Gasteiger partial charge on any atom is 0.408 e. The normalized spacial score (nSPS) is 16.7. The maximum absolute atomic E-state index is 12.1. The molecule has 0 saturated carbocycles. The van der Waals surface area contributed by atoms with Crippen LogP contribution < -0.4 is 5.32 Å². The van der Waals surface area contributed by atoms with E-state index in [-0.39, 0.29) is 12.2 Å². The van der Waals surface area contributed by atoms with Gasteiger partial charge in [-0.25, -0.2) is 9.59 Å². The minimum Gasteiger partial charge on any atom is -0.476 e. The molecule has 0 spiro atoms. The zero-order chi connectivity index (χ0) is 18.8. The number of rotatable bonds is 4. The van der Waals surface area contributed by atoms with Crippen LogP contribution in [-0.4, -0.2) is 45.6 Å². The number of nitrogens with one attached hydrogen (secondary N) is 1. The van der Waals surface area contributed by atoms with Gasteiger partial charge in [0.25, 0.3) is 0 Å². The minimum atomic E-state index is -1.17. The Morgan fingerprint density at radius 1 is 1.36 bits per heavy atom. The average Bonchev–Trinajstić information content (AvgIpc) is 2.85. The molecule has 2 N–H and O–H groups in total. The van der Waals surface area contributed by atoms with Crippen molar-refractivity contribution in [2.45, 2.75) is 58.2 Å². The van der Waals surface area contributed by atoms with Crippen LogP contribution >= 0.6 is 0 Å². The first-order valence-electron chi connectivity index (χ1n) is 8.01. The quantitative estimate of drug-likeness (QED) is 0.790. The Bertz CT molecular complexity index is 689. The van der Waals surface area contributed by atoms with Gasteiger partial charge in [0.1, 0.15) is 12.1 Å². The van der Waals surface area contributed by atoms with Crippen molar-refractivity contribution in [3.8, 4) is 0 Å². The van der Waals surface area contributed by atoms with Crippen LogP contribution in [0.1, 0.15) is 61.4 Å². The number of ether oxygens (including phenoxy) is 2. The Morgan fingerprint density at radius 2 is 2.04 bits per heavy atom. The molecule has 1 aliphatic carbocycles. The summed E-state index contributed by atoms with van der Waals surface area (Å²) in [6, 6.07) is -0.483. The summed E-state index contributed by atoms with van der Waals surface area (Å²) in [5.41, 5.74) is 0.290. The number of alkyl carbamates (subject to hydrolysis) is 1. The van der Waals surface area contributed by atoms with Crippen LogP contribution in [0.15, 0.2) is 0 Å². The van der Waals surface area contributed by atoms with Gasteiger partial charge >= 0.3 is 18.0 Å². The molecule has 138 valence electrons. The van der Waals surface area contributed by atoms with Crippen molar-refractivity contribution in [3.63, 3.8) is 0 Å². The lowest BCUT2D eigenvalue weighted by Crippen LogP contribution is -2.37. The van der Waals surface area contributed by atoms with Gasteiger partial charge in [-0.05, 0) is 40.0 Å². The number of aromatic nitrogens is 2. The van der Waals surface area contributed by atoms with E-state index in [1.807, 2.05) is 0 Å². The van der Waals surface area contributed by atoms with Crippen molar-refractivity contribution in [2.75, 3.05) is 7.11 Å². The molecule has 9 nitrogen and oxygen atoms in total. The summed E-state index contributed by atoms with van der Waals surface area (Å²) in [5, 5.41) is 16.1. The Labute approximate surface area is 145 Å². The SMILES string of the molecule is COC(=O)Cn1nc(C(=O)O)c2c1C(NC(=O)OC(C)(C)C)CCC2. The maximum atomic E-state index is 12.1. The van der Waals surface area contributed by atoms with Gasteiger partial charge in [0.05, 0.1) is 18.8 Å². The van der Waals surface area contributed by atoms with E-state index >= 15 is 0 Å². The third-order valence-corrected chi connectivity index (χ3v) is 3.74. The molecule has 25 heavy (non-hydrogen) atoms. The van der Waals surface area contributed by atoms with E-state index in [9.17, 15) is 19.5 Å². The van der Waals surface area contributed by atoms with Crippen molar-refractivity contribution in [2.24, 2.45) is 0 Å². The summed E-state index contributed by atoms with van der Waals surface area (Å²) in [5.74, 6) is -1.72. The molecule has 1 amide bonds. The van der Waals surface area contributed by atoms with E-state index < -0.39 is 29.7 Å². The number of fused-ring (bicyclic) bond motifs is 1. The fraction of sp³-hybridized carbons (Fsp3) is 0.625. The fourth-order valence-electron chi connectivity index (χ4n) is 2.84. The van der Waals surface area contributed by atoms with Crippen LogP contribution in [0.25, 0.3) is 0 Å². The lowest BCUT2D eigenvalue weighted by atomic mass is 9.91. The summed E-state index contributed by atoms with van der Waals surface area (Å²) in [7, 11) is 1.24. The summed E-state index contributed by atoms with van der Waals surface area (Å²) in [6.45, 7) is 5.04.